The first-order valence-corrected chi connectivity index (χ1v) is 7.84. The van der Waals surface area contributed by atoms with Gasteiger partial charge in [0.05, 0.1) is 7.11 Å². The molecule has 0 aromatic heterocycles. The predicted octanol–water partition coefficient (Wildman–Crippen LogP) is 3.30. The van der Waals surface area contributed by atoms with Gasteiger partial charge < -0.3 is 14.8 Å². The fourth-order valence-corrected chi connectivity index (χ4v) is 2.68. The van der Waals surface area contributed by atoms with Crippen molar-refractivity contribution in [2.75, 3.05) is 7.11 Å². The molecule has 0 unspecified atom stereocenters. The van der Waals surface area contributed by atoms with Crippen LogP contribution in [0.4, 0.5) is 0 Å². The van der Waals surface area contributed by atoms with Crippen LogP contribution in [0.3, 0.4) is 0 Å². The van der Waals surface area contributed by atoms with E-state index in [0.29, 0.717) is 18.2 Å². The van der Waals surface area contributed by atoms with Gasteiger partial charge in [-0.25, -0.2) is 0 Å². The number of benzene rings is 1. The SMILES string of the molecule is CC[C@@H](Oc1ccc(OC)cc1)C(=O)NC1CCCCC1. The summed E-state index contributed by atoms with van der Waals surface area (Å²) in [6.07, 6.45) is 6.11. The van der Waals surface area contributed by atoms with E-state index in [1.165, 1.54) is 19.3 Å². The van der Waals surface area contributed by atoms with Gasteiger partial charge in [-0.2, -0.15) is 0 Å². The van der Waals surface area contributed by atoms with Crippen LogP contribution in [0.1, 0.15) is 45.4 Å². The summed E-state index contributed by atoms with van der Waals surface area (Å²) >= 11 is 0. The van der Waals surface area contributed by atoms with Crippen molar-refractivity contribution in [1.82, 2.24) is 5.32 Å². The van der Waals surface area contributed by atoms with Crippen LogP contribution in [-0.4, -0.2) is 25.2 Å². The number of methoxy groups -OCH3 is 1. The molecule has 1 aliphatic rings. The maximum absolute atomic E-state index is 12.3. The van der Waals surface area contributed by atoms with E-state index in [0.717, 1.165) is 18.6 Å². The number of rotatable bonds is 6. The van der Waals surface area contributed by atoms with Crippen LogP contribution in [0, 0.1) is 0 Å². The number of carbonyl (C=O) groups is 1. The number of hydrogen-bond donors (Lipinski definition) is 1. The molecule has 2 rings (SSSR count). The number of carbonyl (C=O) groups excluding carboxylic acids is 1. The van der Waals surface area contributed by atoms with E-state index >= 15 is 0 Å². The second kappa shape index (κ2) is 7.91. The molecule has 0 spiro atoms. The lowest BCUT2D eigenvalue weighted by Crippen LogP contribution is -2.44. The van der Waals surface area contributed by atoms with E-state index in [2.05, 4.69) is 5.32 Å². The molecular formula is C17H25NO3. The normalized spacial score (nSPS) is 17.0. The van der Waals surface area contributed by atoms with E-state index in [4.69, 9.17) is 9.47 Å². The van der Waals surface area contributed by atoms with Gasteiger partial charge in [-0.05, 0) is 43.5 Å². The van der Waals surface area contributed by atoms with Gasteiger partial charge in [-0.3, -0.25) is 4.79 Å². The Morgan fingerprint density at radius 3 is 2.38 bits per heavy atom. The van der Waals surface area contributed by atoms with Crippen LogP contribution in [0.25, 0.3) is 0 Å². The Hall–Kier alpha value is -1.71. The van der Waals surface area contributed by atoms with E-state index in [-0.39, 0.29) is 5.91 Å². The van der Waals surface area contributed by atoms with Crippen molar-refractivity contribution < 1.29 is 14.3 Å². The summed E-state index contributed by atoms with van der Waals surface area (Å²) < 4.78 is 10.9. The highest BCUT2D eigenvalue weighted by Crippen LogP contribution is 2.20. The lowest BCUT2D eigenvalue weighted by atomic mass is 9.95. The van der Waals surface area contributed by atoms with Crippen LogP contribution in [0.15, 0.2) is 24.3 Å². The topological polar surface area (TPSA) is 47.6 Å². The molecule has 1 aromatic rings. The molecule has 0 saturated heterocycles. The zero-order chi connectivity index (χ0) is 15.1. The van der Waals surface area contributed by atoms with Crippen molar-refractivity contribution in [3.05, 3.63) is 24.3 Å². The Morgan fingerprint density at radius 1 is 1.19 bits per heavy atom. The second-order valence-corrected chi connectivity index (χ2v) is 5.53. The fraction of sp³-hybridized carbons (Fsp3) is 0.588. The standard InChI is InChI=1S/C17H25NO3/c1-3-16(17(19)18-13-7-5-4-6-8-13)21-15-11-9-14(20-2)10-12-15/h9-13,16H,3-8H2,1-2H3,(H,18,19)/t16-/m1/s1. The molecule has 4 nitrogen and oxygen atoms in total. The molecule has 21 heavy (non-hydrogen) atoms. The van der Waals surface area contributed by atoms with Crippen molar-refractivity contribution in [2.24, 2.45) is 0 Å². The minimum Gasteiger partial charge on any atom is -0.497 e. The Bertz CT molecular complexity index is 438. The molecule has 0 heterocycles. The van der Waals surface area contributed by atoms with Crippen molar-refractivity contribution in [2.45, 2.75) is 57.6 Å². The van der Waals surface area contributed by atoms with Crippen molar-refractivity contribution in [1.29, 1.82) is 0 Å². The summed E-state index contributed by atoms with van der Waals surface area (Å²) in [5, 5.41) is 3.12. The maximum Gasteiger partial charge on any atom is 0.261 e. The van der Waals surface area contributed by atoms with Crippen LogP contribution >= 0.6 is 0 Å². The highest BCUT2D eigenvalue weighted by molar-refractivity contribution is 5.81. The van der Waals surface area contributed by atoms with Gasteiger partial charge in [0.1, 0.15) is 11.5 Å². The van der Waals surface area contributed by atoms with E-state index < -0.39 is 6.10 Å². The summed E-state index contributed by atoms with van der Waals surface area (Å²) in [7, 11) is 1.63. The number of ether oxygens (including phenoxy) is 2. The van der Waals surface area contributed by atoms with Crippen molar-refractivity contribution in [3.8, 4) is 11.5 Å². The molecule has 1 aliphatic carbocycles. The average molecular weight is 291 g/mol. The summed E-state index contributed by atoms with van der Waals surface area (Å²) in [5.41, 5.74) is 0. The van der Waals surface area contributed by atoms with Gasteiger partial charge in [0.15, 0.2) is 6.10 Å². The first kappa shape index (κ1) is 15.7. The molecule has 116 valence electrons. The number of amides is 1. The minimum absolute atomic E-state index is 0.000202. The highest BCUT2D eigenvalue weighted by Gasteiger charge is 2.22. The van der Waals surface area contributed by atoms with Crippen molar-refractivity contribution >= 4 is 5.91 Å². The zero-order valence-corrected chi connectivity index (χ0v) is 12.9. The van der Waals surface area contributed by atoms with Crippen molar-refractivity contribution in [3.63, 3.8) is 0 Å². The maximum atomic E-state index is 12.3. The average Bonchev–Trinajstić information content (AvgIpc) is 2.54. The molecule has 0 radical (unpaired) electrons. The van der Waals surface area contributed by atoms with Gasteiger partial charge >= 0.3 is 0 Å². The molecule has 1 fully saturated rings. The first-order chi connectivity index (χ1) is 10.2. The molecule has 1 amide bonds. The summed E-state index contributed by atoms with van der Waals surface area (Å²) in [5.74, 6) is 1.48. The van der Waals surface area contributed by atoms with Crippen LogP contribution < -0.4 is 14.8 Å². The molecule has 0 bridgehead atoms. The quantitative estimate of drug-likeness (QED) is 0.874. The highest BCUT2D eigenvalue weighted by atomic mass is 16.5. The summed E-state index contributed by atoms with van der Waals surface area (Å²) in [4.78, 5) is 12.3. The largest absolute Gasteiger partial charge is 0.497 e. The van der Waals surface area contributed by atoms with Crippen LogP contribution in [0.5, 0.6) is 11.5 Å². The lowest BCUT2D eigenvalue weighted by molar-refractivity contribution is -0.129. The Balaban J connectivity index is 1.89. The number of nitrogens with one attached hydrogen (secondary N) is 1. The summed E-state index contributed by atoms with van der Waals surface area (Å²) in [6.45, 7) is 1.97. The smallest absolute Gasteiger partial charge is 0.261 e. The molecule has 1 atom stereocenters. The Kier molecular flexibility index (Phi) is 5.90. The molecule has 1 saturated carbocycles. The van der Waals surface area contributed by atoms with Crippen LogP contribution in [-0.2, 0) is 4.79 Å². The van der Waals surface area contributed by atoms with E-state index in [1.54, 1.807) is 7.11 Å². The van der Waals surface area contributed by atoms with Gasteiger partial charge in [0, 0.05) is 6.04 Å². The molecule has 4 heteroatoms. The third-order valence-corrected chi connectivity index (χ3v) is 3.95. The predicted molar refractivity (Wildman–Crippen MR) is 82.7 cm³/mol. The third-order valence-electron chi connectivity index (χ3n) is 3.95. The van der Waals surface area contributed by atoms with E-state index in [9.17, 15) is 4.79 Å². The monoisotopic (exact) mass is 291 g/mol. The van der Waals surface area contributed by atoms with Gasteiger partial charge in [-0.15, -0.1) is 0 Å². The third kappa shape index (κ3) is 4.66. The van der Waals surface area contributed by atoms with Gasteiger partial charge in [-0.1, -0.05) is 26.2 Å². The minimum atomic E-state index is -0.430. The molecule has 0 aliphatic heterocycles. The number of hydrogen-bond acceptors (Lipinski definition) is 3. The lowest BCUT2D eigenvalue weighted by Gasteiger charge is -2.25. The molecule has 1 aromatic carbocycles. The summed E-state index contributed by atoms with van der Waals surface area (Å²) in [6, 6.07) is 7.65. The fourth-order valence-electron chi connectivity index (χ4n) is 2.68. The molecular weight excluding hydrogens is 266 g/mol. The van der Waals surface area contributed by atoms with Gasteiger partial charge in [0.25, 0.3) is 5.91 Å². The van der Waals surface area contributed by atoms with Crippen LogP contribution in [0.2, 0.25) is 0 Å². The zero-order valence-electron chi connectivity index (χ0n) is 12.9. The first-order valence-electron chi connectivity index (χ1n) is 7.84. The molecule has 1 N–H and O–H groups in total. The Morgan fingerprint density at radius 2 is 1.81 bits per heavy atom. The van der Waals surface area contributed by atoms with Gasteiger partial charge in [0.2, 0.25) is 0 Å². The Labute approximate surface area is 126 Å². The van der Waals surface area contributed by atoms with E-state index in [1.807, 2.05) is 31.2 Å². The second-order valence-electron chi connectivity index (χ2n) is 5.53.